The van der Waals surface area contributed by atoms with Crippen molar-refractivity contribution < 1.29 is 5.11 Å². The number of hydrogen-bond acceptors (Lipinski definition) is 2. The third-order valence-corrected chi connectivity index (χ3v) is 3.17. The van der Waals surface area contributed by atoms with E-state index >= 15 is 0 Å². The van der Waals surface area contributed by atoms with Crippen molar-refractivity contribution in [2.24, 2.45) is 5.92 Å². The van der Waals surface area contributed by atoms with Crippen molar-refractivity contribution in [1.29, 1.82) is 0 Å². The summed E-state index contributed by atoms with van der Waals surface area (Å²) in [7, 11) is 1.96. The first kappa shape index (κ1) is 11.0. The summed E-state index contributed by atoms with van der Waals surface area (Å²) in [4.78, 5) is 0. The fourth-order valence-electron chi connectivity index (χ4n) is 2.41. The van der Waals surface area contributed by atoms with Gasteiger partial charge in [0.15, 0.2) is 0 Å². The maximum absolute atomic E-state index is 10.3. The van der Waals surface area contributed by atoms with Crippen molar-refractivity contribution in [3.63, 3.8) is 0 Å². The van der Waals surface area contributed by atoms with E-state index in [1.165, 1.54) is 12.8 Å². The summed E-state index contributed by atoms with van der Waals surface area (Å²) in [5, 5.41) is 13.6. The van der Waals surface area contributed by atoms with Crippen molar-refractivity contribution in [2.45, 2.75) is 57.6 Å². The second-order valence-electron chi connectivity index (χ2n) is 4.78. The Morgan fingerprint density at radius 2 is 1.85 bits per heavy atom. The molecule has 0 saturated heterocycles. The Bertz CT molecular complexity index is 150. The minimum absolute atomic E-state index is 0.287. The summed E-state index contributed by atoms with van der Waals surface area (Å²) in [5.41, 5.74) is -0.418. The highest BCUT2D eigenvalue weighted by Gasteiger charge is 2.38. The molecule has 1 aliphatic rings. The highest BCUT2D eigenvalue weighted by atomic mass is 16.3. The summed E-state index contributed by atoms with van der Waals surface area (Å²) < 4.78 is 0. The van der Waals surface area contributed by atoms with Gasteiger partial charge in [0, 0.05) is 6.04 Å². The minimum atomic E-state index is -0.418. The van der Waals surface area contributed by atoms with Crippen LogP contribution >= 0.6 is 0 Å². The molecule has 1 saturated carbocycles. The van der Waals surface area contributed by atoms with Gasteiger partial charge >= 0.3 is 0 Å². The van der Waals surface area contributed by atoms with Crippen LogP contribution in [-0.4, -0.2) is 23.8 Å². The minimum Gasteiger partial charge on any atom is -0.388 e. The normalized spacial score (nSPS) is 23.8. The molecule has 0 radical (unpaired) electrons. The SMILES string of the molecule is CN[C@@H](CC(C)C)C1(O)CCCC1. The van der Waals surface area contributed by atoms with Gasteiger partial charge in [-0.3, -0.25) is 0 Å². The Morgan fingerprint density at radius 1 is 1.31 bits per heavy atom. The van der Waals surface area contributed by atoms with Crippen LogP contribution in [0.1, 0.15) is 46.0 Å². The molecule has 0 aromatic rings. The quantitative estimate of drug-likeness (QED) is 0.701. The van der Waals surface area contributed by atoms with Crippen LogP contribution in [0.15, 0.2) is 0 Å². The molecule has 0 heterocycles. The lowest BCUT2D eigenvalue weighted by molar-refractivity contribution is 0.00367. The molecule has 1 aliphatic carbocycles. The zero-order chi connectivity index (χ0) is 9.90. The van der Waals surface area contributed by atoms with Crippen LogP contribution in [-0.2, 0) is 0 Å². The molecule has 0 spiro atoms. The second kappa shape index (κ2) is 4.43. The zero-order valence-corrected chi connectivity index (χ0v) is 9.14. The first-order valence-corrected chi connectivity index (χ1v) is 5.48. The topological polar surface area (TPSA) is 32.3 Å². The molecule has 0 aliphatic heterocycles. The molecular weight excluding hydrogens is 162 g/mol. The molecular formula is C11H23NO. The number of rotatable bonds is 4. The van der Waals surface area contributed by atoms with Gasteiger partial charge in [-0.1, -0.05) is 26.7 Å². The van der Waals surface area contributed by atoms with Crippen molar-refractivity contribution in [2.75, 3.05) is 7.05 Å². The number of nitrogens with one attached hydrogen (secondary N) is 1. The molecule has 1 fully saturated rings. The molecule has 2 N–H and O–H groups in total. The highest BCUT2D eigenvalue weighted by Crippen LogP contribution is 2.34. The number of likely N-dealkylation sites (N-methyl/N-ethyl adjacent to an activating group) is 1. The Morgan fingerprint density at radius 3 is 2.23 bits per heavy atom. The van der Waals surface area contributed by atoms with E-state index in [9.17, 15) is 5.11 Å². The standard InChI is InChI=1S/C11H23NO/c1-9(2)8-10(12-3)11(13)6-4-5-7-11/h9-10,12-13H,4-8H2,1-3H3/t10-/m0/s1. The molecule has 2 heteroatoms. The van der Waals surface area contributed by atoms with Crippen LogP contribution in [0.2, 0.25) is 0 Å². The molecule has 0 aromatic carbocycles. The van der Waals surface area contributed by atoms with Crippen LogP contribution < -0.4 is 5.32 Å². The predicted molar refractivity (Wildman–Crippen MR) is 55.7 cm³/mol. The number of hydrogen-bond donors (Lipinski definition) is 2. The van der Waals surface area contributed by atoms with Gasteiger partial charge in [0.1, 0.15) is 0 Å². The second-order valence-corrected chi connectivity index (χ2v) is 4.78. The van der Waals surface area contributed by atoms with Gasteiger partial charge in [0.05, 0.1) is 5.60 Å². The summed E-state index contributed by atoms with van der Waals surface area (Å²) in [6.45, 7) is 4.42. The lowest BCUT2D eigenvalue weighted by Gasteiger charge is -2.33. The van der Waals surface area contributed by atoms with E-state index in [1.54, 1.807) is 0 Å². The van der Waals surface area contributed by atoms with E-state index in [2.05, 4.69) is 19.2 Å². The van der Waals surface area contributed by atoms with E-state index in [0.29, 0.717) is 5.92 Å². The van der Waals surface area contributed by atoms with Gasteiger partial charge in [-0.05, 0) is 32.2 Å². The van der Waals surface area contributed by atoms with Gasteiger partial charge in [-0.2, -0.15) is 0 Å². The number of aliphatic hydroxyl groups is 1. The maximum atomic E-state index is 10.3. The molecule has 2 nitrogen and oxygen atoms in total. The van der Waals surface area contributed by atoms with Crippen LogP contribution in [0.5, 0.6) is 0 Å². The average Bonchev–Trinajstić information content (AvgIpc) is 2.48. The van der Waals surface area contributed by atoms with Gasteiger partial charge in [0.25, 0.3) is 0 Å². The molecule has 0 bridgehead atoms. The summed E-state index contributed by atoms with van der Waals surface area (Å²) >= 11 is 0. The van der Waals surface area contributed by atoms with Crippen molar-refractivity contribution >= 4 is 0 Å². The van der Waals surface area contributed by atoms with Gasteiger partial charge in [-0.15, -0.1) is 0 Å². The molecule has 13 heavy (non-hydrogen) atoms. The van der Waals surface area contributed by atoms with Crippen LogP contribution in [0, 0.1) is 5.92 Å². The average molecular weight is 185 g/mol. The van der Waals surface area contributed by atoms with Gasteiger partial charge in [-0.25, -0.2) is 0 Å². The fraction of sp³-hybridized carbons (Fsp3) is 1.00. The smallest absolute Gasteiger partial charge is 0.0800 e. The summed E-state index contributed by atoms with van der Waals surface area (Å²) in [6, 6.07) is 0.287. The van der Waals surface area contributed by atoms with E-state index in [0.717, 1.165) is 19.3 Å². The Balaban J connectivity index is 2.53. The maximum Gasteiger partial charge on any atom is 0.0800 e. The monoisotopic (exact) mass is 185 g/mol. The third kappa shape index (κ3) is 2.68. The predicted octanol–water partition coefficient (Wildman–Crippen LogP) is 1.93. The first-order valence-electron chi connectivity index (χ1n) is 5.48. The fourth-order valence-corrected chi connectivity index (χ4v) is 2.41. The lowest BCUT2D eigenvalue weighted by atomic mass is 9.86. The van der Waals surface area contributed by atoms with E-state index in [1.807, 2.05) is 7.05 Å². The lowest BCUT2D eigenvalue weighted by Crippen LogP contribution is -2.48. The summed E-state index contributed by atoms with van der Waals surface area (Å²) in [6.07, 6.45) is 5.41. The van der Waals surface area contributed by atoms with Crippen LogP contribution in [0.3, 0.4) is 0 Å². The van der Waals surface area contributed by atoms with Crippen LogP contribution in [0.25, 0.3) is 0 Å². The zero-order valence-electron chi connectivity index (χ0n) is 9.14. The Labute approximate surface area is 81.7 Å². The Hall–Kier alpha value is -0.0800. The van der Waals surface area contributed by atoms with E-state index in [-0.39, 0.29) is 6.04 Å². The van der Waals surface area contributed by atoms with Crippen LogP contribution in [0.4, 0.5) is 0 Å². The first-order chi connectivity index (χ1) is 6.08. The molecule has 1 rings (SSSR count). The van der Waals surface area contributed by atoms with Gasteiger partial charge < -0.3 is 10.4 Å². The summed E-state index contributed by atoms with van der Waals surface area (Å²) in [5.74, 6) is 0.655. The molecule has 0 aromatic heterocycles. The highest BCUT2D eigenvalue weighted by molar-refractivity contribution is 4.94. The largest absolute Gasteiger partial charge is 0.388 e. The molecule has 0 amide bonds. The molecule has 0 unspecified atom stereocenters. The van der Waals surface area contributed by atoms with Crippen molar-refractivity contribution in [3.05, 3.63) is 0 Å². The van der Waals surface area contributed by atoms with E-state index < -0.39 is 5.60 Å². The van der Waals surface area contributed by atoms with Crippen molar-refractivity contribution in [1.82, 2.24) is 5.32 Å². The van der Waals surface area contributed by atoms with E-state index in [4.69, 9.17) is 0 Å². The molecule has 78 valence electrons. The van der Waals surface area contributed by atoms with Crippen molar-refractivity contribution in [3.8, 4) is 0 Å². The van der Waals surface area contributed by atoms with Gasteiger partial charge in [0.2, 0.25) is 0 Å². The molecule has 1 atom stereocenters. The third-order valence-electron chi connectivity index (χ3n) is 3.17. The Kier molecular flexibility index (Phi) is 3.74.